The molecule has 0 fully saturated rings. The molecule has 0 spiro atoms. The van der Waals surface area contributed by atoms with Gasteiger partial charge in [-0.05, 0) is 30.7 Å². The Hall–Kier alpha value is -0.440. The van der Waals surface area contributed by atoms with Gasteiger partial charge in [0.15, 0.2) is 0 Å². The molecule has 0 aromatic heterocycles. The molecule has 1 rings (SSSR count). The molecule has 84 valence electrons. The van der Waals surface area contributed by atoms with Gasteiger partial charge in [0.1, 0.15) is 0 Å². The fourth-order valence-corrected chi connectivity index (χ4v) is 1.98. The molecule has 15 heavy (non-hydrogen) atoms. The van der Waals surface area contributed by atoms with Gasteiger partial charge in [0.25, 0.3) is 0 Å². The van der Waals surface area contributed by atoms with Gasteiger partial charge in [-0.3, -0.25) is 0 Å². The van der Waals surface area contributed by atoms with E-state index < -0.39 is 0 Å². The summed E-state index contributed by atoms with van der Waals surface area (Å²) in [6.07, 6.45) is 0. The number of rotatable bonds is 4. The normalized spacial score (nSPS) is 12.6. The van der Waals surface area contributed by atoms with Crippen molar-refractivity contribution in [3.63, 3.8) is 0 Å². The van der Waals surface area contributed by atoms with E-state index in [9.17, 15) is 0 Å². The molecule has 2 nitrogen and oxygen atoms in total. The summed E-state index contributed by atoms with van der Waals surface area (Å²) in [6, 6.07) is 5.52. The van der Waals surface area contributed by atoms with Gasteiger partial charge in [0, 0.05) is 18.6 Å². The lowest BCUT2D eigenvalue weighted by Crippen LogP contribution is -2.28. The zero-order valence-corrected chi connectivity index (χ0v) is 10.5. The van der Waals surface area contributed by atoms with E-state index in [1.165, 1.54) is 0 Å². The average molecular weight is 247 g/mol. The lowest BCUT2D eigenvalue weighted by Gasteiger charge is -2.23. The highest BCUT2D eigenvalue weighted by atomic mass is 35.5. The van der Waals surface area contributed by atoms with E-state index in [2.05, 4.69) is 11.8 Å². The molecule has 1 aromatic carbocycles. The van der Waals surface area contributed by atoms with E-state index >= 15 is 0 Å². The Morgan fingerprint density at radius 3 is 2.60 bits per heavy atom. The van der Waals surface area contributed by atoms with E-state index in [-0.39, 0.29) is 0 Å². The summed E-state index contributed by atoms with van der Waals surface area (Å²) in [5.74, 6) is 0.446. The second-order valence-electron chi connectivity index (χ2n) is 3.82. The van der Waals surface area contributed by atoms with Crippen LogP contribution < -0.4 is 10.6 Å². The van der Waals surface area contributed by atoms with Gasteiger partial charge < -0.3 is 10.6 Å². The molecule has 0 aliphatic carbocycles. The summed E-state index contributed by atoms with van der Waals surface area (Å²) in [4.78, 5) is 2.09. The number of hydrogen-bond acceptors (Lipinski definition) is 2. The van der Waals surface area contributed by atoms with Crippen LogP contribution in [0.15, 0.2) is 18.2 Å². The van der Waals surface area contributed by atoms with Crippen LogP contribution in [0.3, 0.4) is 0 Å². The van der Waals surface area contributed by atoms with Crippen molar-refractivity contribution in [2.75, 3.05) is 25.0 Å². The Morgan fingerprint density at radius 2 is 2.07 bits per heavy atom. The van der Waals surface area contributed by atoms with Crippen LogP contribution in [0.2, 0.25) is 10.0 Å². The molecule has 0 heterocycles. The Balaban J connectivity index is 2.77. The molecule has 1 aromatic rings. The second kappa shape index (κ2) is 5.59. The molecule has 0 radical (unpaired) electrons. The number of anilines is 1. The van der Waals surface area contributed by atoms with Crippen molar-refractivity contribution in [2.45, 2.75) is 6.92 Å². The van der Waals surface area contributed by atoms with Crippen molar-refractivity contribution in [3.8, 4) is 0 Å². The molecule has 2 N–H and O–H groups in total. The number of nitrogens with zero attached hydrogens (tertiary/aromatic N) is 1. The van der Waals surface area contributed by atoms with Crippen LogP contribution in [0.4, 0.5) is 5.69 Å². The lowest BCUT2D eigenvalue weighted by atomic mass is 10.1. The van der Waals surface area contributed by atoms with E-state index in [0.717, 1.165) is 12.2 Å². The highest BCUT2D eigenvalue weighted by molar-refractivity contribution is 6.36. The standard InChI is InChI=1S/C11H16Cl2N2/c1-8(6-14)7-15(2)11-4-3-9(12)5-10(11)13/h3-5,8H,6-7,14H2,1-2H3. The highest BCUT2D eigenvalue weighted by Gasteiger charge is 2.09. The first-order valence-corrected chi connectivity index (χ1v) is 5.66. The van der Waals surface area contributed by atoms with Crippen molar-refractivity contribution in [3.05, 3.63) is 28.2 Å². The minimum Gasteiger partial charge on any atom is -0.373 e. The maximum Gasteiger partial charge on any atom is 0.0654 e. The quantitative estimate of drug-likeness (QED) is 0.886. The smallest absolute Gasteiger partial charge is 0.0654 e. The van der Waals surface area contributed by atoms with Crippen LogP contribution in [0.1, 0.15) is 6.92 Å². The first-order chi connectivity index (χ1) is 7.04. The Bertz CT molecular complexity index is 328. The van der Waals surface area contributed by atoms with Gasteiger partial charge in [0.2, 0.25) is 0 Å². The van der Waals surface area contributed by atoms with Crippen molar-refractivity contribution >= 4 is 28.9 Å². The topological polar surface area (TPSA) is 29.3 Å². The molecule has 1 unspecified atom stereocenters. The van der Waals surface area contributed by atoms with Gasteiger partial charge in [-0.2, -0.15) is 0 Å². The maximum absolute atomic E-state index is 6.09. The van der Waals surface area contributed by atoms with Crippen LogP contribution in [0, 0.1) is 5.92 Å². The first-order valence-electron chi connectivity index (χ1n) is 4.91. The van der Waals surface area contributed by atoms with Gasteiger partial charge in [-0.15, -0.1) is 0 Å². The summed E-state index contributed by atoms with van der Waals surface area (Å²) in [7, 11) is 2.00. The van der Waals surface area contributed by atoms with E-state index in [1.807, 2.05) is 19.2 Å². The summed E-state index contributed by atoms with van der Waals surface area (Å²) in [5.41, 5.74) is 6.57. The summed E-state index contributed by atoms with van der Waals surface area (Å²) < 4.78 is 0. The van der Waals surface area contributed by atoms with Crippen LogP contribution >= 0.6 is 23.2 Å². The molecule has 0 saturated heterocycles. The molecule has 0 bridgehead atoms. The summed E-state index contributed by atoms with van der Waals surface area (Å²) in [6.45, 7) is 3.67. The molecule has 0 saturated carbocycles. The Kier molecular flexibility index (Phi) is 4.71. The third-order valence-corrected chi connectivity index (χ3v) is 2.85. The number of benzene rings is 1. The predicted octanol–water partition coefficient (Wildman–Crippen LogP) is 3.02. The summed E-state index contributed by atoms with van der Waals surface area (Å²) >= 11 is 11.9. The van der Waals surface area contributed by atoms with Crippen molar-refractivity contribution in [1.29, 1.82) is 0 Å². The van der Waals surface area contributed by atoms with Crippen LogP contribution in [0.5, 0.6) is 0 Å². The van der Waals surface area contributed by atoms with Crippen molar-refractivity contribution < 1.29 is 0 Å². The maximum atomic E-state index is 6.09. The zero-order chi connectivity index (χ0) is 11.4. The molecule has 0 aliphatic heterocycles. The number of halogens is 2. The van der Waals surface area contributed by atoms with Gasteiger partial charge in [0.05, 0.1) is 10.7 Å². The number of nitrogens with two attached hydrogens (primary N) is 1. The van der Waals surface area contributed by atoms with Crippen LogP contribution in [-0.4, -0.2) is 20.1 Å². The zero-order valence-electron chi connectivity index (χ0n) is 9.00. The highest BCUT2D eigenvalue weighted by Crippen LogP contribution is 2.28. The average Bonchev–Trinajstić information content (AvgIpc) is 2.17. The van der Waals surface area contributed by atoms with Gasteiger partial charge in [-0.25, -0.2) is 0 Å². The van der Waals surface area contributed by atoms with Crippen LogP contribution in [-0.2, 0) is 0 Å². The van der Waals surface area contributed by atoms with E-state index in [0.29, 0.717) is 22.5 Å². The van der Waals surface area contributed by atoms with Crippen molar-refractivity contribution in [2.24, 2.45) is 11.7 Å². The Morgan fingerprint density at radius 1 is 1.40 bits per heavy atom. The van der Waals surface area contributed by atoms with E-state index in [1.54, 1.807) is 6.07 Å². The molecule has 1 atom stereocenters. The molecular formula is C11H16Cl2N2. The molecule has 4 heteroatoms. The molecular weight excluding hydrogens is 231 g/mol. The molecule has 0 amide bonds. The van der Waals surface area contributed by atoms with Crippen molar-refractivity contribution in [1.82, 2.24) is 0 Å². The van der Waals surface area contributed by atoms with Crippen LogP contribution in [0.25, 0.3) is 0 Å². The van der Waals surface area contributed by atoms with Gasteiger partial charge in [-0.1, -0.05) is 30.1 Å². The SMILES string of the molecule is CC(CN)CN(C)c1ccc(Cl)cc1Cl. The van der Waals surface area contributed by atoms with E-state index in [4.69, 9.17) is 28.9 Å². The minimum atomic E-state index is 0.446. The predicted molar refractivity (Wildman–Crippen MR) is 68.0 cm³/mol. The largest absolute Gasteiger partial charge is 0.373 e. The Labute approximate surface area is 101 Å². The minimum absolute atomic E-state index is 0.446. The lowest BCUT2D eigenvalue weighted by molar-refractivity contribution is 0.590. The fraction of sp³-hybridized carbons (Fsp3) is 0.455. The molecule has 0 aliphatic rings. The monoisotopic (exact) mass is 246 g/mol. The third-order valence-electron chi connectivity index (χ3n) is 2.31. The fourth-order valence-electron chi connectivity index (χ4n) is 1.43. The number of hydrogen-bond donors (Lipinski definition) is 1. The third kappa shape index (κ3) is 3.56. The summed E-state index contributed by atoms with van der Waals surface area (Å²) in [5, 5.41) is 1.33. The second-order valence-corrected chi connectivity index (χ2v) is 4.66. The first kappa shape index (κ1) is 12.6. The van der Waals surface area contributed by atoms with Gasteiger partial charge >= 0.3 is 0 Å².